The molecule has 0 unspecified atom stereocenters. The lowest BCUT2D eigenvalue weighted by atomic mass is 10.1. The molecule has 3 aromatic rings. The van der Waals surface area contributed by atoms with E-state index in [-0.39, 0.29) is 11.8 Å². The first-order valence-corrected chi connectivity index (χ1v) is 8.52. The van der Waals surface area contributed by atoms with Gasteiger partial charge in [-0.25, -0.2) is 0 Å². The van der Waals surface area contributed by atoms with E-state index in [2.05, 4.69) is 15.3 Å². The second-order valence-corrected chi connectivity index (χ2v) is 6.63. The Hall–Kier alpha value is -2.86. The van der Waals surface area contributed by atoms with E-state index in [0.717, 1.165) is 16.6 Å². The zero-order chi connectivity index (χ0) is 18.7. The number of hydrogen-bond acceptors (Lipinski definition) is 3. The highest BCUT2D eigenvalue weighted by molar-refractivity contribution is 6.31. The number of halogens is 1. The molecule has 0 fully saturated rings. The molecule has 2 heterocycles. The van der Waals surface area contributed by atoms with Crippen LogP contribution in [0.2, 0.25) is 5.02 Å². The van der Waals surface area contributed by atoms with E-state index in [0.29, 0.717) is 17.1 Å². The van der Waals surface area contributed by atoms with Crippen LogP contribution in [0.1, 0.15) is 16.2 Å². The van der Waals surface area contributed by atoms with Crippen molar-refractivity contribution in [3.8, 4) is 0 Å². The number of nitrogens with one attached hydrogen (secondary N) is 2. The lowest BCUT2D eigenvalue weighted by molar-refractivity contribution is -0.130. The molecule has 0 radical (unpaired) electrons. The van der Waals surface area contributed by atoms with E-state index in [9.17, 15) is 9.59 Å². The highest BCUT2D eigenvalue weighted by Crippen LogP contribution is 2.20. The normalized spacial score (nSPS) is 12.0. The van der Waals surface area contributed by atoms with Gasteiger partial charge in [0.15, 0.2) is 0 Å². The Kier molecular flexibility index (Phi) is 5.23. The van der Waals surface area contributed by atoms with Crippen LogP contribution in [0.5, 0.6) is 0 Å². The van der Waals surface area contributed by atoms with Crippen LogP contribution in [0.25, 0.3) is 10.9 Å². The molecular weight excluding hydrogens is 352 g/mol. The van der Waals surface area contributed by atoms with E-state index >= 15 is 0 Å². The van der Waals surface area contributed by atoms with E-state index < -0.39 is 6.04 Å². The number of fused-ring (bicyclic) bond motifs is 1. The molecule has 7 heteroatoms. The van der Waals surface area contributed by atoms with E-state index in [1.54, 1.807) is 44.6 Å². The van der Waals surface area contributed by atoms with E-state index in [1.165, 1.54) is 4.90 Å². The molecule has 0 aliphatic carbocycles. The molecule has 0 saturated carbocycles. The van der Waals surface area contributed by atoms with Gasteiger partial charge in [-0.1, -0.05) is 17.7 Å². The molecule has 134 valence electrons. The molecule has 3 rings (SSSR count). The maximum absolute atomic E-state index is 12.7. The first-order chi connectivity index (χ1) is 12.4. The Balaban J connectivity index is 1.82. The SMILES string of the molecule is CN(C)C(=O)[C@H](Cc1ccccn1)NC(=O)c1cc2cc(Cl)ccc2[nH]1. The average molecular weight is 371 g/mol. The summed E-state index contributed by atoms with van der Waals surface area (Å²) in [7, 11) is 3.32. The predicted octanol–water partition coefficient (Wildman–Crippen LogP) is 2.65. The third-order valence-corrected chi connectivity index (χ3v) is 4.25. The van der Waals surface area contributed by atoms with Crippen molar-refractivity contribution in [3.63, 3.8) is 0 Å². The number of pyridine rings is 1. The van der Waals surface area contributed by atoms with Gasteiger partial charge in [-0.05, 0) is 36.4 Å². The Morgan fingerprint density at radius 2 is 2.04 bits per heavy atom. The lowest BCUT2D eigenvalue weighted by Gasteiger charge is -2.21. The maximum Gasteiger partial charge on any atom is 0.268 e. The van der Waals surface area contributed by atoms with Crippen molar-refractivity contribution in [2.75, 3.05) is 14.1 Å². The van der Waals surface area contributed by atoms with Crippen LogP contribution in [-0.4, -0.2) is 46.8 Å². The summed E-state index contributed by atoms with van der Waals surface area (Å²) in [5, 5.41) is 4.24. The standard InChI is InChI=1S/C19H19ClN4O2/c1-24(2)19(26)17(11-14-5-3-4-8-21-14)23-18(25)16-10-12-9-13(20)6-7-15(12)22-16/h3-10,17,22H,11H2,1-2H3,(H,23,25)/t17-/m0/s1. The number of amides is 2. The molecule has 2 amide bonds. The Morgan fingerprint density at radius 1 is 1.23 bits per heavy atom. The van der Waals surface area contributed by atoms with Crippen molar-refractivity contribution in [1.82, 2.24) is 20.2 Å². The van der Waals surface area contributed by atoms with Crippen LogP contribution in [0.15, 0.2) is 48.7 Å². The minimum absolute atomic E-state index is 0.192. The van der Waals surface area contributed by atoms with Gasteiger partial charge in [-0.3, -0.25) is 14.6 Å². The van der Waals surface area contributed by atoms with Gasteiger partial charge < -0.3 is 15.2 Å². The second-order valence-electron chi connectivity index (χ2n) is 6.20. The van der Waals surface area contributed by atoms with Crippen LogP contribution in [-0.2, 0) is 11.2 Å². The summed E-state index contributed by atoms with van der Waals surface area (Å²) in [4.78, 5) is 33.9. The van der Waals surface area contributed by atoms with Crippen molar-refractivity contribution >= 4 is 34.3 Å². The monoisotopic (exact) mass is 370 g/mol. The Bertz CT molecular complexity index is 937. The molecule has 0 spiro atoms. The third-order valence-electron chi connectivity index (χ3n) is 4.01. The molecule has 0 saturated heterocycles. The Morgan fingerprint density at radius 3 is 2.73 bits per heavy atom. The smallest absolute Gasteiger partial charge is 0.268 e. The highest BCUT2D eigenvalue weighted by atomic mass is 35.5. The van der Waals surface area contributed by atoms with Crippen LogP contribution in [0.4, 0.5) is 0 Å². The van der Waals surface area contributed by atoms with Crippen molar-refractivity contribution in [2.24, 2.45) is 0 Å². The molecule has 6 nitrogen and oxygen atoms in total. The number of nitrogens with zero attached hydrogens (tertiary/aromatic N) is 2. The predicted molar refractivity (Wildman–Crippen MR) is 101 cm³/mol. The fourth-order valence-corrected chi connectivity index (χ4v) is 2.88. The fraction of sp³-hybridized carbons (Fsp3) is 0.211. The number of hydrogen-bond donors (Lipinski definition) is 2. The molecule has 0 aliphatic heterocycles. The zero-order valence-corrected chi connectivity index (χ0v) is 15.2. The van der Waals surface area contributed by atoms with Gasteiger partial charge in [0.05, 0.1) is 0 Å². The molecule has 1 aromatic carbocycles. The summed E-state index contributed by atoms with van der Waals surface area (Å²) in [5.41, 5.74) is 1.91. The molecule has 0 aliphatic rings. The van der Waals surface area contributed by atoms with Gasteiger partial charge in [0, 0.05) is 48.3 Å². The number of benzene rings is 1. The van der Waals surface area contributed by atoms with Crippen molar-refractivity contribution < 1.29 is 9.59 Å². The first kappa shape index (κ1) is 17.9. The van der Waals surface area contributed by atoms with Crippen LogP contribution in [0, 0.1) is 0 Å². The molecule has 26 heavy (non-hydrogen) atoms. The fourth-order valence-electron chi connectivity index (χ4n) is 2.70. The minimum atomic E-state index is -0.706. The second kappa shape index (κ2) is 7.58. The minimum Gasteiger partial charge on any atom is -0.351 e. The van der Waals surface area contributed by atoms with Crippen molar-refractivity contribution in [2.45, 2.75) is 12.5 Å². The summed E-state index contributed by atoms with van der Waals surface area (Å²) in [6.07, 6.45) is 1.98. The zero-order valence-electron chi connectivity index (χ0n) is 14.5. The Labute approximate surface area is 156 Å². The number of carbonyl (C=O) groups is 2. The van der Waals surface area contributed by atoms with Crippen LogP contribution in [0.3, 0.4) is 0 Å². The molecule has 0 bridgehead atoms. The van der Waals surface area contributed by atoms with Gasteiger partial charge in [0.2, 0.25) is 5.91 Å². The summed E-state index contributed by atoms with van der Waals surface area (Å²) < 4.78 is 0. The number of H-pyrrole nitrogens is 1. The summed E-state index contributed by atoms with van der Waals surface area (Å²) in [6, 6.07) is 11.8. The van der Waals surface area contributed by atoms with Crippen LogP contribution >= 0.6 is 11.6 Å². The number of carbonyl (C=O) groups excluding carboxylic acids is 2. The molecule has 2 aromatic heterocycles. The quantitative estimate of drug-likeness (QED) is 0.724. The van der Waals surface area contributed by atoms with Crippen molar-refractivity contribution in [1.29, 1.82) is 0 Å². The van der Waals surface area contributed by atoms with E-state index in [4.69, 9.17) is 11.6 Å². The maximum atomic E-state index is 12.7. The van der Waals surface area contributed by atoms with Gasteiger partial charge in [-0.2, -0.15) is 0 Å². The average Bonchev–Trinajstić information content (AvgIpc) is 3.04. The third kappa shape index (κ3) is 4.03. The number of aromatic nitrogens is 2. The summed E-state index contributed by atoms with van der Waals surface area (Å²) in [5.74, 6) is -0.545. The topological polar surface area (TPSA) is 78.1 Å². The summed E-state index contributed by atoms with van der Waals surface area (Å²) in [6.45, 7) is 0. The number of aromatic amines is 1. The summed E-state index contributed by atoms with van der Waals surface area (Å²) >= 11 is 5.99. The molecule has 1 atom stereocenters. The van der Waals surface area contributed by atoms with Gasteiger partial charge in [0.1, 0.15) is 11.7 Å². The number of likely N-dealkylation sites (N-methyl/N-ethyl adjacent to an activating group) is 1. The van der Waals surface area contributed by atoms with Gasteiger partial charge >= 0.3 is 0 Å². The van der Waals surface area contributed by atoms with E-state index in [1.807, 2.05) is 18.2 Å². The van der Waals surface area contributed by atoms with Crippen molar-refractivity contribution in [3.05, 3.63) is 65.1 Å². The lowest BCUT2D eigenvalue weighted by Crippen LogP contribution is -2.47. The first-order valence-electron chi connectivity index (χ1n) is 8.14. The number of rotatable bonds is 5. The molecule has 2 N–H and O–H groups in total. The van der Waals surface area contributed by atoms with Gasteiger partial charge in [-0.15, -0.1) is 0 Å². The van der Waals surface area contributed by atoms with Gasteiger partial charge in [0.25, 0.3) is 5.91 Å². The highest BCUT2D eigenvalue weighted by Gasteiger charge is 2.24. The van der Waals surface area contributed by atoms with Crippen LogP contribution < -0.4 is 5.32 Å². The largest absolute Gasteiger partial charge is 0.351 e. The molecular formula is C19H19ClN4O2.